The lowest BCUT2D eigenvalue weighted by molar-refractivity contribution is -0.117. The minimum Gasteiger partial charge on any atom is -0.309 e. The number of benzene rings is 3. The maximum Gasteiger partial charge on any atom is 0.258 e. The first kappa shape index (κ1) is 18.9. The average molecular weight is 384 g/mol. The van der Waals surface area contributed by atoms with Crippen LogP contribution in [0.3, 0.4) is 0 Å². The molecule has 0 saturated carbocycles. The number of anilines is 2. The molecule has 0 N–H and O–H groups in total. The van der Waals surface area contributed by atoms with Gasteiger partial charge in [0.2, 0.25) is 5.91 Å². The van der Waals surface area contributed by atoms with E-state index in [1.807, 2.05) is 102 Å². The predicted octanol–water partition coefficient (Wildman–Crippen LogP) is 5.22. The molecule has 0 aliphatic carbocycles. The molecular formula is C25H24N2O2. The van der Waals surface area contributed by atoms with E-state index >= 15 is 0 Å². The average Bonchev–Trinajstić information content (AvgIpc) is 2.75. The third kappa shape index (κ3) is 3.54. The zero-order chi connectivity index (χ0) is 20.4. The Labute approximate surface area is 171 Å². The highest BCUT2D eigenvalue weighted by Crippen LogP contribution is 2.42. The van der Waals surface area contributed by atoms with Crippen LogP contribution < -0.4 is 9.80 Å². The minimum atomic E-state index is -0.160. The van der Waals surface area contributed by atoms with Gasteiger partial charge in [0, 0.05) is 29.9 Å². The van der Waals surface area contributed by atoms with Crippen LogP contribution in [0, 0.1) is 0 Å². The Balaban J connectivity index is 1.86. The summed E-state index contributed by atoms with van der Waals surface area (Å²) in [5.41, 5.74) is 3.37. The molecule has 1 aliphatic heterocycles. The van der Waals surface area contributed by atoms with Crippen LogP contribution in [0.2, 0.25) is 0 Å². The summed E-state index contributed by atoms with van der Waals surface area (Å²) in [5, 5.41) is 0. The van der Waals surface area contributed by atoms with Crippen LogP contribution in [-0.4, -0.2) is 17.9 Å². The van der Waals surface area contributed by atoms with E-state index in [1.165, 1.54) is 0 Å². The summed E-state index contributed by atoms with van der Waals surface area (Å²) in [6, 6.07) is 26.9. The van der Waals surface area contributed by atoms with Crippen molar-refractivity contribution >= 4 is 23.2 Å². The van der Waals surface area contributed by atoms with E-state index in [-0.39, 0.29) is 23.9 Å². The summed E-state index contributed by atoms with van der Waals surface area (Å²) in [5.74, 6) is -0.0240. The van der Waals surface area contributed by atoms with Crippen molar-refractivity contribution in [3.63, 3.8) is 0 Å². The van der Waals surface area contributed by atoms with Gasteiger partial charge in [-0.15, -0.1) is 0 Å². The van der Waals surface area contributed by atoms with Gasteiger partial charge in [-0.3, -0.25) is 9.59 Å². The minimum absolute atomic E-state index is 0.0119. The summed E-state index contributed by atoms with van der Waals surface area (Å²) in [6.45, 7) is 3.64. The molecule has 0 spiro atoms. The molecule has 0 radical (unpaired) electrons. The van der Waals surface area contributed by atoms with Gasteiger partial charge < -0.3 is 9.80 Å². The zero-order valence-corrected chi connectivity index (χ0v) is 16.7. The first-order valence-electron chi connectivity index (χ1n) is 9.90. The largest absolute Gasteiger partial charge is 0.309 e. The van der Waals surface area contributed by atoms with Gasteiger partial charge in [0.25, 0.3) is 5.91 Å². The van der Waals surface area contributed by atoms with Gasteiger partial charge in [-0.2, -0.15) is 0 Å². The molecule has 146 valence electrons. The lowest BCUT2D eigenvalue weighted by Gasteiger charge is -2.43. The summed E-state index contributed by atoms with van der Waals surface area (Å²) in [4.78, 5) is 29.7. The molecule has 1 aliphatic rings. The van der Waals surface area contributed by atoms with E-state index in [0.29, 0.717) is 12.0 Å². The molecule has 3 aromatic rings. The highest BCUT2D eigenvalue weighted by Gasteiger charge is 2.37. The molecule has 0 aromatic heterocycles. The number of fused-ring (bicyclic) bond motifs is 1. The molecule has 1 heterocycles. The van der Waals surface area contributed by atoms with Gasteiger partial charge in [0.1, 0.15) is 0 Å². The molecule has 29 heavy (non-hydrogen) atoms. The van der Waals surface area contributed by atoms with Gasteiger partial charge in [-0.25, -0.2) is 0 Å². The molecule has 4 heteroatoms. The SMILES string of the molecule is CC(=O)N1c2ccccc2[C@H](N(C(=O)c2ccccc2)c2ccccc2)C[C@@H]1C. The Morgan fingerprint density at radius 3 is 2.10 bits per heavy atom. The summed E-state index contributed by atoms with van der Waals surface area (Å²) < 4.78 is 0. The van der Waals surface area contributed by atoms with E-state index < -0.39 is 0 Å². The lowest BCUT2D eigenvalue weighted by atomic mass is 9.89. The quantitative estimate of drug-likeness (QED) is 0.621. The fourth-order valence-corrected chi connectivity index (χ4v) is 4.25. The van der Waals surface area contributed by atoms with Crippen LogP contribution in [0.25, 0.3) is 0 Å². The van der Waals surface area contributed by atoms with Crippen LogP contribution in [0.15, 0.2) is 84.9 Å². The predicted molar refractivity (Wildman–Crippen MR) is 116 cm³/mol. The van der Waals surface area contributed by atoms with Crippen molar-refractivity contribution in [2.75, 3.05) is 9.80 Å². The van der Waals surface area contributed by atoms with E-state index in [2.05, 4.69) is 0 Å². The van der Waals surface area contributed by atoms with Gasteiger partial charge >= 0.3 is 0 Å². The maximum absolute atomic E-state index is 13.6. The van der Waals surface area contributed by atoms with Crippen LogP contribution in [0.1, 0.15) is 42.2 Å². The van der Waals surface area contributed by atoms with E-state index in [1.54, 1.807) is 6.92 Å². The lowest BCUT2D eigenvalue weighted by Crippen LogP contribution is -2.47. The topological polar surface area (TPSA) is 40.6 Å². The van der Waals surface area contributed by atoms with Crippen molar-refractivity contribution in [1.82, 2.24) is 0 Å². The Morgan fingerprint density at radius 1 is 0.862 bits per heavy atom. The van der Waals surface area contributed by atoms with E-state index in [4.69, 9.17) is 0 Å². The molecule has 0 saturated heterocycles. The van der Waals surface area contributed by atoms with Crippen LogP contribution in [-0.2, 0) is 4.79 Å². The molecule has 0 unspecified atom stereocenters. The van der Waals surface area contributed by atoms with Crippen molar-refractivity contribution in [3.8, 4) is 0 Å². The molecule has 2 amide bonds. The van der Waals surface area contributed by atoms with Crippen molar-refractivity contribution in [2.45, 2.75) is 32.4 Å². The Kier molecular flexibility index (Phi) is 5.17. The number of carbonyl (C=O) groups excluding carboxylic acids is 2. The Morgan fingerprint density at radius 2 is 1.45 bits per heavy atom. The van der Waals surface area contributed by atoms with Gasteiger partial charge in [-0.05, 0) is 49.2 Å². The fourth-order valence-electron chi connectivity index (χ4n) is 4.25. The number of amides is 2. The highest BCUT2D eigenvalue weighted by atomic mass is 16.2. The molecule has 0 fully saturated rings. The van der Waals surface area contributed by atoms with Crippen molar-refractivity contribution in [1.29, 1.82) is 0 Å². The number of carbonyl (C=O) groups is 2. The first-order valence-corrected chi connectivity index (χ1v) is 9.90. The standard InChI is InChI=1S/C25H24N2O2/c1-18-17-24(22-15-9-10-16-23(22)26(18)19(2)28)27(21-13-7-4-8-14-21)25(29)20-11-5-3-6-12-20/h3-16,18,24H,17H2,1-2H3/t18-,24+/m0/s1. The third-order valence-corrected chi connectivity index (χ3v) is 5.49. The second-order valence-electron chi connectivity index (χ2n) is 7.43. The number of hydrogen-bond donors (Lipinski definition) is 0. The van der Waals surface area contributed by atoms with E-state index in [9.17, 15) is 9.59 Å². The first-order chi connectivity index (χ1) is 14.1. The van der Waals surface area contributed by atoms with E-state index in [0.717, 1.165) is 16.9 Å². The molecule has 4 rings (SSSR count). The van der Waals surface area contributed by atoms with Gasteiger partial charge in [0.15, 0.2) is 0 Å². The van der Waals surface area contributed by atoms with Crippen LogP contribution in [0.5, 0.6) is 0 Å². The summed E-state index contributed by atoms with van der Waals surface area (Å²) >= 11 is 0. The third-order valence-electron chi connectivity index (χ3n) is 5.49. The van der Waals surface area contributed by atoms with Crippen LogP contribution in [0.4, 0.5) is 11.4 Å². The second-order valence-corrected chi connectivity index (χ2v) is 7.43. The van der Waals surface area contributed by atoms with Crippen molar-refractivity contribution < 1.29 is 9.59 Å². The summed E-state index contributed by atoms with van der Waals surface area (Å²) in [7, 11) is 0. The number of nitrogens with zero attached hydrogens (tertiary/aromatic N) is 2. The molecule has 3 aromatic carbocycles. The van der Waals surface area contributed by atoms with Crippen molar-refractivity contribution in [2.24, 2.45) is 0 Å². The Hall–Kier alpha value is -3.40. The summed E-state index contributed by atoms with van der Waals surface area (Å²) in [6.07, 6.45) is 0.671. The van der Waals surface area contributed by atoms with Crippen LogP contribution >= 0.6 is 0 Å². The molecule has 4 nitrogen and oxygen atoms in total. The Bertz CT molecular complexity index is 1020. The van der Waals surface area contributed by atoms with Gasteiger partial charge in [0.05, 0.1) is 6.04 Å². The molecule has 2 atom stereocenters. The normalized spacial score (nSPS) is 18.1. The highest BCUT2D eigenvalue weighted by molar-refractivity contribution is 6.07. The second kappa shape index (κ2) is 7.92. The zero-order valence-electron chi connectivity index (χ0n) is 16.7. The smallest absolute Gasteiger partial charge is 0.258 e. The maximum atomic E-state index is 13.6. The monoisotopic (exact) mass is 384 g/mol. The fraction of sp³-hybridized carbons (Fsp3) is 0.200. The molecule has 0 bridgehead atoms. The van der Waals surface area contributed by atoms with Crippen molar-refractivity contribution in [3.05, 3.63) is 96.1 Å². The number of para-hydroxylation sites is 2. The number of rotatable bonds is 3. The van der Waals surface area contributed by atoms with Gasteiger partial charge in [-0.1, -0.05) is 54.6 Å². The number of hydrogen-bond acceptors (Lipinski definition) is 2. The molecular weight excluding hydrogens is 360 g/mol.